The van der Waals surface area contributed by atoms with Gasteiger partial charge in [-0.3, -0.25) is 0 Å². The summed E-state index contributed by atoms with van der Waals surface area (Å²) >= 11 is 0. The van der Waals surface area contributed by atoms with Crippen molar-refractivity contribution in [3.8, 4) is 0 Å². The SMILES string of the molecule is COC(CCCCCCCCCCCCCCCCCCCCC(CCCOCC1CO1)(OC)OC)(CCCOCC1CO1)OC. The first-order valence-corrected chi connectivity index (χ1v) is 19.2. The van der Waals surface area contributed by atoms with Crippen LogP contribution >= 0.6 is 0 Å². The van der Waals surface area contributed by atoms with Gasteiger partial charge in [-0.1, -0.05) is 103 Å². The van der Waals surface area contributed by atoms with E-state index in [2.05, 4.69) is 0 Å². The van der Waals surface area contributed by atoms with Crippen molar-refractivity contribution in [1.29, 1.82) is 0 Å². The average molecular weight is 659 g/mol. The molecule has 0 spiro atoms. The smallest absolute Gasteiger partial charge is 0.167 e. The predicted octanol–water partition coefficient (Wildman–Crippen LogP) is 9.16. The second kappa shape index (κ2) is 27.5. The molecule has 0 radical (unpaired) electrons. The molecule has 0 bridgehead atoms. The third-order valence-corrected chi connectivity index (χ3v) is 9.96. The van der Waals surface area contributed by atoms with Crippen molar-refractivity contribution < 1.29 is 37.9 Å². The van der Waals surface area contributed by atoms with Gasteiger partial charge in [-0.25, -0.2) is 0 Å². The van der Waals surface area contributed by atoms with Gasteiger partial charge in [0, 0.05) is 67.3 Å². The zero-order chi connectivity index (χ0) is 33.0. The molecular formula is C38H74O8. The van der Waals surface area contributed by atoms with Gasteiger partial charge in [-0.05, 0) is 25.7 Å². The maximum absolute atomic E-state index is 5.78. The lowest BCUT2D eigenvalue weighted by Gasteiger charge is -2.31. The van der Waals surface area contributed by atoms with Crippen LogP contribution in [-0.4, -0.2) is 91.9 Å². The normalized spacial score (nSPS) is 18.0. The van der Waals surface area contributed by atoms with Gasteiger partial charge in [0.25, 0.3) is 0 Å². The summed E-state index contributed by atoms with van der Waals surface area (Å²) < 4.78 is 44.9. The Labute approximate surface area is 283 Å². The highest BCUT2D eigenvalue weighted by molar-refractivity contribution is 4.72. The molecule has 2 heterocycles. The summed E-state index contributed by atoms with van der Waals surface area (Å²) in [6.07, 6.45) is 30.5. The van der Waals surface area contributed by atoms with Gasteiger partial charge in [0.1, 0.15) is 12.2 Å². The summed E-state index contributed by atoms with van der Waals surface area (Å²) in [6.45, 7) is 4.64. The molecule has 0 saturated carbocycles. The largest absolute Gasteiger partial charge is 0.379 e. The first kappa shape index (κ1) is 41.8. The molecule has 2 rings (SSSR count). The number of ether oxygens (including phenoxy) is 8. The lowest BCUT2D eigenvalue weighted by molar-refractivity contribution is -0.217. The van der Waals surface area contributed by atoms with E-state index in [1.165, 1.54) is 103 Å². The first-order valence-electron chi connectivity index (χ1n) is 19.2. The van der Waals surface area contributed by atoms with Gasteiger partial charge >= 0.3 is 0 Å². The molecule has 2 aliphatic heterocycles. The molecule has 2 aliphatic rings. The van der Waals surface area contributed by atoms with Gasteiger partial charge in [0.15, 0.2) is 11.6 Å². The van der Waals surface area contributed by atoms with E-state index in [0.29, 0.717) is 12.2 Å². The molecule has 274 valence electrons. The minimum atomic E-state index is -0.454. The molecule has 46 heavy (non-hydrogen) atoms. The van der Waals surface area contributed by atoms with Crippen LogP contribution in [0.5, 0.6) is 0 Å². The van der Waals surface area contributed by atoms with E-state index in [1.807, 2.05) is 0 Å². The van der Waals surface area contributed by atoms with Gasteiger partial charge in [0.05, 0.1) is 26.4 Å². The Kier molecular flexibility index (Phi) is 25.0. The van der Waals surface area contributed by atoms with Crippen molar-refractivity contribution in [2.45, 2.75) is 178 Å². The monoisotopic (exact) mass is 659 g/mol. The van der Waals surface area contributed by atoms with E-state index in [4.69, 9.17) is 37.9 Å². The summed E-state index contributed by atoms with van der Waals surface area (Å²) in [7, 11) is 7.09. The molecule has 2 atom stereocenters. The average Bonchev–Trinajstić information content (AvgIpc) is 4.02. The van der Waals surface area contributed by atoms with Crippen LogP contribution in [0.1, 0.15) is 154 Å². The molecule has 2 saturated heterocycles. The van der Waals surface area contributed by atoms with Crippen LogP contribution in [0.25, 0.3) is 0 Å². The van der Waals surface area contributed by atoms with Gasteiger partial charge < -0.3 is 37.9 Å². The maximum Gasteiger partial charge on any atom is 0.167 e. The van der Waals surface area contributed by atoms with E-state index in [0.717, 1.165) is 91.0 Å². The molecular weight excluding hydrogens is 584 g/mol. The van der Waals surface area contributed by atoms with E-state index < -0.39 is 11.6 Å². The minimum absolute atomic E-state index is 0.336. The quantitative estimate of drug-likeness (QED) is 0.0371. The highest BCUT2D eigenvalue weighted by atomic mass is 16.7. The van der Waals surface area contributed by atoms with Crippen LogP contribution in [-0.2, 0) is 37.9 Å². The number of methoxy groups -OCH3 is 4. The molecule has 2 unspecified atom stereocenters. The lowest BCUT2D eigenvalue weighted by atomic mass is 10.00. The fourth-order valence-corrected chi connectivity index (χ4v) is 6.50. The molecule has 8 heteroatoms. The number of unbranched alkanes of at least 4 members (excludes halogenated alkanes) is 17. The van der Waals surface area contributed by atoms with Crippen molar-refractivity contribution >= 4 is 0 Å². The van der Waals surface area contributed by atoms with Crippen LogP contribution < -0.4 is 0 Å². The predicted molar refractivity (Wildman–Crippen MR) is 185 cm³/mol. The summed E-state index contributed by atoms with van der Waals surface area (Å²) in [5.41, 5.74) is 0. The van der Waals surface area contributed by atoms with Crippen LogP contribution in [0.2, 0.25) is 0 Å². The summed E-state index contributed by atoms with van der Waals surface area (Å²) in [4.78, 5) is 0. The highest BCUT2D eigenvalue weighted by Gasteiger charge is 2.30. The Bertz CT molecular complexity index is 605. The molecule has 0 N–H and O–H groups in total. The fraction of sp³-hybridized carbons (Fsp3) is 1.00. The topological polar surface area (TPSA) is 80.4 Å². The highest BCUT2D eigenvalue weighted by Crippen LogP contribution is 2.28. The van der Waals surface area contributed by atoms with E-state index in [1.54, 1.807) is 28.4 Å². The summed E-state index contributed by atoms with van der Waals surface area (Å²) in [6, 6.07) is 0. The van der Waals surface area contributed by atoms with Gasteiger partial charge in [0.2, 0.25) is 0 Å². The molecule has 0 aromatic carbocycles. The molecule has 0 amide bonds. The second-order valence-corrected chi connectivity index (χ2v) is 13.8. The van der Waals surface area contributed by atoms with Crippen molar-refractivity contribution in [2.75, 3.05) is 68.1 Å². The number of rotatable bonds is 37. The Morgan fingerprint density at radius 3 is 0.870 bits per heavy atom. The van der Waals surface area contributed by atoms with Crippen LogP contribution in [0.4, 0.5) is 0 Å². The number of hydrogen-bond donors (Lipinski definition) is 0. The van der Waals surface area contributed by atoms with Gasteiger partial charge in [-0.2, -0.15) is 0 Å². The van der Waals surface area contributed by atoms with E-state index in [-0.39, 0.29) is 0 Å². The Morgan fingerprint density at radius 2 is 0.630 bits per heavy atom. The number of hydrogen-bond acceptors (Lipinski definition) is 8. The van der Waals surface area contributed by atoms with Crippen molar-refractivity contribution in [2.24, 2.45) is 0 Å². The van der Waals surface area contributed by atoms with Crippen molar-refractivity contribution in [1.82, 2.24) is 0 Å². The molecule has 0 aliphatic carbocycles. The Hall–Kier alpha value is -0.320. The number of epoxide rings is 2. The zero-order valence-corrected chi connectivity index (χ0v) is 30.6. The van der Waals surface area contributed by atoms with Crippen LogP contribution in [0.15, 0.2) is 0 Å². The van der Waals surface area contributed by atoms with Crippen molar-refractivity contribution in [3.05, 3.63) is 0 Å². The summed E-state index contributed by atoms with van der Waals surface area (Å²) in [5, 5.41) is 0. The van der Waals surface area contributed by atoms with E-state index in [9.17, 15) is 0 Å². The third-order valence-electron chi connectivity index (χ3n) is 9.96. The lowest BCUT2D eigenvalue weighted by Crippen LogP contribution is -2.34. The Morgan fingerprint density at radius 1 is 0.391 bits per heavy atom. The first-order chi connectivity index (χ1) is 22.6. The Balaban J connectivity index is 1.28. The third kappa shape index (κ3) is 21.6. The maximum atomic E-state index is 5.78. The fourth-order valence-electron chi connectivity index (χ4n) is 6.50. The van der Waals surface area contributed by atoms with Crippen LogP contribution in [0, 0.1) is 0 Å². The minimum Gasteiger partial charge on any atom is -0.379 e. The molecule has 0 aromatic heterocycles. The molecule has 2 fully saturated rings. The van der Waals surface area contributed by atoms with Crippen molar-refractivity contribution in [3.63, 3.8) is 0 Å². The van der Waals surface area contributed by atoms with E-state index >= 15 is 0 Å². The zero-order valence-electron chi connectivity index (χ0n) is 30.6. The summed E-state index contributed by atoms with van der Waals surface area (Å²) in [5.74, 6) is -0.908. The van der Waals surface area contributed by atoms with Gasteiger partial charge in [-0.15, -0.1) is 0 Å². The molecule has 0 aromatic rings. The second-order valence-electron chi connectivity index (χ2n) is 13.8. The molecule has 8 nitrogen and oxygen atoms in total. The van der Waals surface area contributed by atoms with Crippen LogP contribution in [0.3, 0.4) is 0 Å². The standard InChI is InChI=1S/C38H74O8/c1-39-37(40-2,27-23-29-43-31-35-33-45-35)25-21-19-17-15-13-11-9-7-5-6-8-10-12-14-16-18-20-22-26-38(41-3,42-4)28-24-30-44-32-36-34-46-36/h35-36H,5-34H2,1-4H3.